The maximum atomic E-state index is 13.2. The number of fused-ring (bicyclic) bond motifs is 1. The molecule has 32 heavy (non-hydrogen) atoms. The molecule has 4 rings (SSSR count). The Balaban J connectivity index is 1.70. The molecule has 0 bridgehead atoms. The number of anilines is 1. The van der Waals surface area contributed by atoms with E-state index in [4.69, 9.17) is 0 Å². The van der Waals surface area contributed by atoms with Crippen LogP contribution in [0.5, 0.6) is 0 Å². The summed E-state index contributed by atoms with van der Waals surface area (Å²) in [6.45, 7) is 1.41. The minimum Gasteiger partial charge on any atom is -0.325 e. The average molecular weight is 459 g/mol. The predicted octanol–water partition coefficient (Wildman–Crippen LogP) is 4.18. The number of rotatable bonds is 4. The Morgan fingerprint density at radius 3 is 2.44 bits per heavy atom. The first-order valence-electron chi connectivity index (χ1n) is 9.42. The van der Waals surface area contributed by atoms with E-state index in [-0.39, 0.29) is 5.69 Å². The lowest BCUT2D eigenvalue weighted by atomic mass is 10.2. The van der Waals surface area contributed by atoms with E-state index in [1.807, 2.05) is 13.0 Å². The van der Waals surface area contributed by atoms with Crippen LogP contribution < -0.4 is 16.6 Å². The first kappa shape index (κ1) is 21.6. The fourth-order valence-electron chi connectivity index (χ4n) is 3.32. The number of carbonyl (C=O) groups excluding carboxylic acids is 1. The number of nitrogens with zero attached hydrogens (tertiary/aromatic N) is 2. The van der Waals surface area contributed by atoms with Gasteiger partial charge in [0.15, 0.2) is 0 Å². The summed E-state index contributed by atoms with van der Waals surface area (Å²) in [7, 11) is 0. The Labute approximate surface area is 183 Å². The summed E-state index contributed by atoms with van der Waals surface area (Å²) in [5.41, 5.74) is -0.295. The Morgan fingerprint density at radius 1 is 1.06 bits per heavy atom. The van der Waals surface area contributed by atoms with Crippen LogP contribution in [0.2, 0.25) is 0 Å². The number of hydrogen-bond acceptors (Lipinski definition) is 4. The number of aromatic nitrogens is 2. The lowest BCUT2D eigenvalue weighted by molar-refractivity contribution is -0.137. The molecule has 1 amide bonds. The Kier molecular flexibility index (Phi) is 5.47. The largest absolute Gasteiger partial charge is 0.416 e. The molecule has 164 valence electrons. The van der Waals surface area contributed by atoms with Crippen LogP contribution in [-0.4, -0.2) is 15.0 Å². The molecule has 2 heterocycles. The van der Waals surface area contributed by atoms with Crippen molar-refractivity contribution in [3.8, 4) is 5.69 Å². The van der Waals surface area contributed by atoms with Crippen molar-refractivity contribution in [2.24, 2.45) is 0 Å². The number of benzene rings is 2. The molecule has 0 saturated heterocycles. The minimum absolute atomic E-state index is 0.157. The van der Waals surface area contributed by atoms with Crippen molar-refractivity contribution in [1.29, 1.82) is 0 Å². The van der Waals surface area contributed by atoms with Gasteiger partial charge in [0.05, 0.1) is 16.8 Å². The van der Waals surface area contributed by atoms with Gasteiger partial charge in [0.1, 0.15) is 11.2 Å². The van der Waals surface area contributed by atoms with Gasteiger partial charge in [0.25, 0.3) is 5.56 Å². The van der Waals surface area contributed by atoms with Crippen LogP contribution in [0.25, 0.3) is 15.9 Å². The van der Waals surface area contributed by atoms with E-state index in [1.165, 1.54) is 4.57 Å². The second kappa shape index (κ2) is 8.12. The predicted molar refractivity (Wildman–Crippen MR) is 116 cm³/mol. The lowest BCUT2D eigenvalue weighted by Gasteiger charge is -2.13. The standard InChI is InChI=1S/C22H16F3N3O3S/c1-13-3-2-4-16(11-13)28-20(30)19-17(9-10-32-19)27(21(28)31)12-18(29)26-15-7-5-14(6-8-15)22(23,24)25/h2-11H,12H2,1H3,(H,26,29). The van der Waals surface area contributed by atoms with Crippen molar-refractivity contribution in [1.82, 2.24) is 9.13 Å². The molecule has 0 unspecified atom stereocenters. The van der Waals surface area contributed by atoms with Gasteiger partial charge >= 0.3 is 11.9 Å². The van der Waals surface area contributed by atoms with Crippen molar-refractivity contribution >= 4 is 33.1 Å². The molecule has 0 aliphatic carbocycles. The zero-order valence-corrected chi connectivity index (χ0v) is 17.5. The summed E-state index contributed by atoms with van der Waals surface area (Å²) in [5, 5.41) is 4.14. The maximum Gasteiger partial charge on any atom is 0.416 e. The van der Waals surface area contributed by atoms with Crippen LogP contribution in [0.1, 0.15) is 11.1 Å². The second-order valence-corrected chi connectivity index (χ2v) is 8.02. The molecule has 1 N–H and O–H groups in total. The molecule has 0 aliphatic rings. The number of amides is 1. The van der Waals surface area contributed by atoms with Gasteiger partial charge in [-0.2, -0.15) is 13.2 Å². The average Bonchev–Trinajstić information content (AvgIpc) is 3.21. The fourth-order valence-corrected chi connectivity index (χ4v) is 4.15. The number of hydrogen-bond donors (Lipinski definition) is 1. The van der Waals surface area contributed by atoms with Gasteiger partial charge in [-0.3, -0.25) is 14.2 Å². The highest BCUT2D eigenvalue weighted by Gasteiger charge is 2.30. The molecule has 10 heteroatoms. The van der Waals surface area contributed by atoms with Crippen molar-refractivity contribution in [3.05, 3.63) is 91.9 Å². The van der Waals surface area contributed by atoms with E-state index in [1.54, 1.807) is 29.6 Å². The molecule has 0 saturated carbocycles. The summed E-state index contributed by atoms with van der Waals surface area (Å²) in [6, 6.07) is 12.4. The number of thiophene rings is 1. The maximum absolute atomic E-state index is 13.2. The second-order valence-electron chi connectivity index (χ2n) is 7.11. The third kappa shape index (κ3) is 4.09. The highest BCUT2D eigenvalue weighted by atomic mass is 32.1. The zero-order valence-electron chi connectivity index (χ0n) is 16.6. The number of nitrogens with one attached hydrogen (secondary N) is 1. The van der Waals surface area contributed by atoms with Crippen LogP contribution in [0.15, 0.2) is 69.6 Å². The molecular formula is C22H16F3N3O3S. The number of aryl methyl sites for hydroxylation is 1. The minimum atomic E-state index is -4.48. The van der Waals surface area contributed by atoms with Crippen LogP contribution in [0, 0.1) is 6.92 Å². The lowest BCUT2D eigenvalue weighted by Crippen LogP contribution is -2.40. The topological polar surface area (TPSA) is 73.1 Å². The van der Waals surface area contributed by atoms with E-state index >= 15 is 0 Å². The van der Waals surface area contributed by atoms with Gasteiger partial charge in [-0.1, -0.05) is 12.1 Å². The SMILES string of the molecule is Cc1cccc(-n2c(=O)c3sccc3n(CC(=O)Nc3ccc(C(F)(F)F)cc3)c2=O)c1. The summed E-state index contributed by atoms with van der Waals surface area (Å²) in [6.07, 6.45) is -4.48. The molecule has 0 atom stereocenters. The summed E-state index contributed by atoms with van der Waals surface area (Å²) in [5.74, 6) is -0.617. The van der Waals surface area contributed by atoms with Crippen molar-refractivity contribution in [2.45, 2.75) is 19.6 Å². The van der Waals surface area contributed by atoms with E-state index in [2.05, 4.69) is 5.32 Å². The van der Waals surface area contributed by atoms with E-state index in [9.17, 15) is 27.6 Å². The molecule has 0 aliphatic heterocycles. The zero-order chi connectivity index (χ0) is 23.0. The highest BCUT2D eigenvalue weighted by molar-refractivity contribution is 7.17. The van der Waals surface area contributed by atoms with E-state index < -0.39 is 35.4 Å². The molecular weight excluding hydrogens is 443 g/mol. The van der Waals surface area contributed by atoms with Crippen LogP contribution >= 0.6 is 11.3 Å². The molecule has 0 spiro atoms. The van der Waals surface area contributed by atoms with Crippen molar-refractivity contribution in [3.63, 3.8) is 0 Å². The summed E-state index contributed by atoms with van der Waals surface area (Å²) >= 11 is 1.15. The van der Waals surface area contributed by atoms with Gasteiger partial charge in [0, 0.05) is 5.69 Å². The third-order valence-corrected chi connectivity index (χ3v) is 5.70. The molecule has 0 radical (unpaired) electrons. The Hall–Kier alpha value is -3.66. The van der Waals surface area contributed by atoms with E-state index in [0.717, 1.165) is 45.7 Å². The molecule has 4 aromatic rings. The molecule has 0 fully saturated rings. The molecule has 2 aromatic carbocycles. The van der Waals surface area contributed by atoms with Gasteiger partial charge in [-0.25, -0.2) is 9.36 Å². The normalized spacial score (nSPS) is 11.6. The molecule has 2 aromatic heterocycles. The fraction of sp³-hybridized carbons (Fsp3) is 0.136. The smallest absolute Gasteiger partial charge is 0.325 e. The van der Waals surface area contributed by atoms with Gasteiger partial charge in [0.2, 0.25) is 5.91 Å². The van der Waals surface area contributed by atoms with Crippen molar-refractivity contribution in [2.75, 3.05) is 5.32 Å². The first-order valence-corrected chi connectivity index (χ1v) is 10.3. The van der Waals surface area contributed by atoms with Crippen LogP contribution in [-0.2, 0) is 17.5 Å². The summed E-state index contributed by atoms with van der Waals surface area (Å²) < 4.78 is 40.6. The highest BCUT2D eigenvalue weighted by Crippen LogP contribution is 2.29. The first-order chi connectivity index (χ1) is 15.1. The third-order valence-electron chi connectivity index (χ3n) is 4.81. The monoisotopic (exact) mass is 459 g/mol. The molecule has 6 nitrogen and oxygen atoms in total. The number of alkyl halides is 3. The van der Waals surface area contributed by atoms with Gasteiger partial charge in [-0.05, 0) is 60.3 Å². The van der Waals surface area contributed by atoms with E-state index in [0.29, 0.717) is 15.9 Å². The van der Waals surface area contributed by atoms with Gasteiger partial charge < -0.3 is 5.32 Å². The Morgan fingerprint density at radius 2 is 1.78 bits per heavy atom. The van der Waals surface area contributed by atoms with Crippen LogP contribution in [0.4, 0.5) is 18.9 Å². The Bertz CT molecular complexity index is 1430. The number of halogens is 3. The summed E-state index contributed by atoms with van der Waals surface area (Å²) in [4.78, 5) is 38.7. The quantitative estimate of drug-likeness (QED) is 0.498. The van der Waals surface area contributed by atoms with Crippen molar-refractivity contribution < 1.29 is 18.0 Å². The van der Waals surface area contributed by atoms with Gasteiger partial charge in [-0.15, -0.1) is 11.3 Å². The number of carbonyl (C=O) groups is 1. The van der Waals surface area contributed by atoms with Crippen LogP contribution in [0.3, 0.4) is 0 Å².